The van der Waals surface area contributed by atoms with Crippen LogP contribution in [0.25, 0.3) is 0 Å². The Morgan fingerprint density at radius 1 is 1.16 bits per heavy atom. The summed E-state index contributed by atoms with van der Waals surface area (Å²) in [5, 5.41) is 3.49. The number of ether oxygens (including phenoxy) is 1. The Kier molecular flexibility index (Phi) is 8.64. The van der Waals surface area contributed by atoms with Crippen LogP contribution < -0.4 is 10.1 Å². The van der Waals surface area contributed by atoms with E-state index in [9.17, 15) is 8.78 Å². The van der Waals surface area contributed by atoms with Crippen molar-refractivity contribution in [3.05, 3.63) is 65.7 Å². The maximum absolute atomic E-state index is 12.3. The summed E-state index contributed by atoms with van der Waals surface area (Å²) in [5.74, 6) is 1.60. The van der Waals surface area contributed by atoms with Gasteiger partial charge in [0.1, 0.15) is 5.75 Å². The van der Waals surface area contributed by atoms with Gasteiger partial charge in [-0.3, -0.25) is 4.99 Å². The predicted molar refractivity (Wildman–Crippen MR) is 121 cm³/mol. The lowest BCUT2D eigenvalue weighted by Crippen LogP contribution is -2.41. The van der Waals surface area contributed by atoms with Crippen molar-refractivity contribution in [3.63, 3.8) is 0 Å². The molecule has 2 aromatic rings. The van der Waals surface area contributed by atoms with Crippen LogP contribution in [0, 0.1) is 5.92 Å². The van der Waals surface area contributed by atoms with Crippen molar-refractivity contribution in [2.75, 3.05) is 40.3 Å². The van der Waals surface area contributed by atoms with E-state index >= 15 is 0 Å². The van der Waals surface area contributed by atoms with E-state index in [0.29, 0.717) is 12.5 Å². The summed E-state index contributed by atoms with van der Waals surface area (Å²) in [6.07, 6.45) is 2.28. The molecule has 1 aliphatic heterocycles. The average Bonchev–Trinajstić information content (AvgIpc) is 3.22. The van der Waals surface area contributed by atoms with Gasteiger partial charge in [-0.05, 0) is 48.6 Å². The van der Waals surface area contributed by atoms with Crippen molar-refractivity contribution in [2.24, 2.45) is 10.9 Å². The molecule has 1 unspecified atom stereocenters. The number of nitrogens with one attached hydrogen (secondary N) is 1. The number of halogens is 2. The summed E-state index contributed by atoms with van der Waals surface area (Å²) in [6, 6.07) is 17.3. The predicted octanol–water partition coefficient (Wildman–Crippen LogP) is 3.86. The summed E-state index contributed by atoms with van der Waals surface area (Å²) < 4.78 is 29.0. The Balaban J connectivity index is 1.40. The quantitative estimate of drug-likeness (QED) is 0.485. The molecular weight excluding hydrogens is 398 g/mol. The molecule has 5 nitrogen and oxygen atoms in total. The van der Waals surface area contributed by atoms with Gasteiger partial charge in [0, 0.05) is 40.3 Å². The molecular formula is C24H32F2N4O. The second-order valence-electron chi connectivity index (χ2n) is 8.00. The number of benzene rings is 2. The van der Waals surface area contributed by atoms with Gasteiger partial charge in [0.15, 0.2) is 5.96 Å². The summed E-state index contributed by atoms with van der Waals surface area (Å²) in [7, 11) is 3.75. The Hall–Kier alpha value is -2.67. The van der Waals surface area contributed by atoms with Crippen LogP contribution >= 0.6 is 0 Å². The molecule has 0 aliphatic carbocycles. The number of hydrogen-bond donors (Lipinski definition) is 1. The minimum absolute atomic E-state index is 0.168. The van der Waals surface area contributed by atoms with Gasteiger partial charge in [-0.15, -0.1) is 0 Å². The molecule has 168 valence electrons. The van der Waals surface area contributed by atoms with Crippen molar-refractivity contribution in [1.82, 2.24) is 15.1 Å². The van der Waals surface area contributed by atoms with Crippen LogP contribution in [0.3, 0.4) is 0 Å². The molecule has 7 heteroatoms. The van der Waals surface area contributed by atoms with E-state index in [4.69, 9.17) is 0 Å². The monoisotopic (exact) mass is 430 g/mol. The highest BCUT2D eigenvalue weighted by molar-refractivity contribution is 5.79. The van der Waals surface area contributed by atoms with Crippen LogP contribution in [0.5, 0.6) is 5.75 Å². The first-order valence-corrected chi connectivity index (χ1v) is 10.8. The third kappa shape index (κ3) is 7.51. The fourth-order valence-corrected chi connectivity index (χ4v) is 3.96. The minimum atomic E-state index is -2.80. The average molecular weight is 431 g/mol. The van der Waals surface area contributed by atoms with Crippen LogP contribution in [0.4, 0.5) is 8.78 Å². The lowest BCUT2D eigenvalue weighted by molar-refractivity contribution is -0.0498. The van der Waals surface area contributed by atoms with Gasteiger partial charge in [-0.25, -0.2) is 0 Å². The fraction of sp³-hybridized carbons (Fsp3) is 0.458. The number of rotatable bonds is 9. The topological polar surface area (TPSA) is 40.1 Å². The Morgan fingerprint density at radius 3 is 2.58 bits per heavy atom. The molecule has 1 aliphatic rings. The summed E-state index contributed by atoms with van der Waals surface area (Å²) in [4.78, 5) is 8.96. The first-order chi connectivity index (χ1) is 15.0. The maximum Gasteiger partial charge on any atom is 0.387 e. The van der Waals surface area contributed by atoms with Gasteiger partial charge in [0.2, 0.25) is 0 Å². The van der Waals surface area contributed by atoms with Crippen molar-refractivity contribution in [1.29, 1.82) is 0 Å². The number of alkyl halides is 2. The second-order valence-corrected chi connectivity index (χ2v) is 8.00. The van der Waals surface area contributed by atoms with Crippen LogP contribution in [0.15, 0.2) is 59.6 Å². The highest BCUT2D eigenvalue weighted by Gasteiger charge is 2.22. The lowest BCUT2D eigenvalue weighted by Gasteiger charge is -2.24. The van der Waals surface area contributed by atoms with Crippen LogP contribution in [0.1, 0.15) is 17.5 Å². The maximum atomic E-state index is 12.3. The minimum Gasteiger partial charge on any atom is -0.435 e. The zero-order valence-corrected chi connectivity index (χ0v) is 18.3. The Morgan fingerprint density at radius 2 is 1.90 bits per heavy atom. The standard InChI is InChI=1S/C24H32F2N4O/c1-27-24(29(2)17-20-8-10-22(11-9-20)31-23(25)26)28-16-21-13-15-30(18-21)14-12-19-6-4-3-5-7-19/h3-11,21,23H,12-18H2,1-2H3,(H,27,28). The second kappa shape index (κ2) is 11.6. The fourth-order valence-electron chi connectivity index (χ4n) is 3.96. The van der Waals surface area contributed by atoms with E-state index < -0.39 is 6.61 Å². The van der Waals surface area contributed by atoms with E-state index in [1.54, 1.807) is 31.3 Å². The molecule has 0 aromatic heterocycles. The first-order valence-electron chi connectivity index (χ1n) is 10.8. The van der Waals surface area contributed by atoms with E-state index in [2.05, 4.69) is 50.3 Å². The Bertz CT molecular complexity index is 814. The molecule has 2 aromatic carbocycles. The lowest BCUT2D eigenvalue weighted by atomic mass is 10.1. The molecule has 0 spiro atoms. The first kappa shape index (κ1) is 23.0. The van der Waals surface area contributed by atoms with Crippen LogP contribution in [0.2, 0.25) is 0 Å². The SMILES string of the molecule is CN=C(NCC1CCN(CCc2ccccc2)C1)N(C)Cc1ccc(OC(F)F)cc1. The number of aliphatic imine (C=N–C) groups is 1. The zero-order chi connectivity index (χ0) is 22.1. The third-order valence-electron chi connectivity index (χ3n) is 5.62. The van der Waals surface area contributed by atoms with E-state index in [1.807, 2.05) is 11.9 Å². The molecule has 1 fully saturated rings. The van der Waals surface area contributed by atoms with Gasteiger partial charge in [0.05, 0.1) is 0 Å². The normalized spacial score (nSPS) is 17.2. The highest BCUT2D eigenvalue weighted by atomic mass is 19.3. The summed E-state index contributed by atoms with van der Waals surface area (Å²) in [5.41, 5.74) is 2.39. The van der Waals surface area contributed by atoms with Crippen molar-refractivity contribution in [2.45, 2.75) is 26.0 Å². The number of hydrogen-bond acceptors (Lipinski definition) is 3. The summed E-state index contributed by atoms with van der Waals surface area (Å²) in [6.45, 7) is 2.05. The van der Waals surface area contributed by atoms with Crippen molar-refractivity contribution >= 4 is 5.96 Å². The van der Waals surface area contributed by atoms with Gasteiger partial charge >= 0.3 is 6.61 Å². The van der Waals surface area contributed by atoms with E-state index in [-0.39, 0.29) is 5.75 Å². The van der Waals surface area contributed by atoms with Gasteiger partial charge in [-0.1, -0.05) is 42.5 Å². The van der Waals surface area contributed by atoms with Crippen LogP contribution in [-0.2, 0) is 13.0 Å². The van der Waals surface area contributed by atoms with Gasteiger partial charge < -0.3 is 19.9 Å². The van der Waals surface area contributed by atoms with E-state index in [0.717, 1.165) is 44.1 Å². The smallest absolute Gasteiger partial charge is 0.387 e. The molecule has 1 N–H and O–H groups in total. The van der Waals surface area contributed by atoms with Crippen molar-refractivity contribution < 1.29 is 13.5 Å². The molecule has 31 heavy (non-hydrogen) atoms. The van der Waals surface area contributed by atoms with Crippen LogP contribution in [-0.4, -0.2) is 62.6 Å². The van der Waals surface area contributed by atoms with Gasteiger partial charge in [0.25, 0.3) is 0 Å². The molecule has 0 amide bonds. The Labute approximate surface area is 183 Å². The summed E-state index contributed by atoms with van der Waals surface area (Å²) >= 11 is 0. The van der Waals surface area contributed by atoms with E-state index in [1.165, 1.54) is 12.0 Å². The molecule has 1 saturated heterocycles. The molecule has 1 heterocycles. The zero-order valence-electron chi connectivity index (χ0n) is 18.3. The number of nitrogens with zero attached hydrogens (tertiary/aromatic N) is 3. The third-order valence-corrected chi connectivity index (χ3v) is 5.62. The molecule has 3 rings (SSSR count). The van der Waals surface area contributed by atoms with Crippen molar-refractivity contribution in [3.8, 4) is 5.75 Å². The number of guanidine groups is 1. The number of likely N-dealkylation sites (tertiary alicyclic amines) is 1. The molecule has 0 saturated carbocycles. The molecule has 1 atom stereocenters. The highest BCUT2D eigenvalue weighted by Crippen LogP contribution is 2.17. The molecule has 0 radical (unpaired) electrons. The molecule has 0 bridgehead atoms. The largest absolute Gasteiger partial charge is 0.435 e. The van der Waals surface area contributed by atoms with Gasteiger partial charge in [-0.2, -0.15) is 8.78 Å².